The summed E-state index contributed by atoms with van der Waals surface area (Å²) in [5.74, 6) is 1.42. The SMILES string of the molecule is CCC(C)C(P)(CC)C(C)(P)C(P)(CC)C(C)CC. The Bertz CT molecular complexity index is 251. The monoisotopic (exact) mass is 322 g/mol. The van der Waals surface area contributed by atoms with Crippen LogP contribution in [-0.4, -0.2) is 15.5 Å². The molecule has 19 heavy (non-hydrogen) atoms. The van der Waals surface area contributed by atoms with E-state index in [0.29, 0.717) is 11.8 Å². The van der Waals surface area contributed by atoms with Gasteiger partial charge in [-0.1, -0.05) is 61.3 Å². The molecule has 3 heteroatoms. The zero-order chi connectivity index (χ0) is 15.5. The lowest BCUT2D eigenvalue weighted by molar-refractivity contribution is 0.211. The average Bonchev–Trinajstić information content (AvgIpc) is 2.42. The molecule has 0 aliphatic heterocycles. The predicted molar refractivity (Wildman–Crippen MR) is 102 cm³/mol. The smallest absolute Gasteiger partial charge is 0.000723 e. The van der Waals surface area contributed by atoms with Gasteiger partial charge in [-0.3, -0.25) is 0 Å². The molecular formula is C16H37P3. The van der Waals surface area contributed by atoms with Crippen LogP contribution < -0.4 is 0 Å². The molecule has 0 heterocycles. The molecule has 7 atom stereocenters. The summed E-state index contributed by atoms with van der Waals surface area (Å²) in [6, 6.07) is 0. The van der Waals surface area contributed by atoms with Gasteiger partial charge in [0.05, 0.1) is 0 Å². The molecule has 7 unspecified atom stereocenters. The van der Waals surface area contributed by atoms with Crippen molar-refractivity contribution < 1.29 is 0 Å². The molecule has 0 aliphatic rings. The Kier molecular flexibility index (Phi) is 8.03. The molecule has 0 fully saturated rings. The first kappa shape index (κ1) is 20.3. The van der Waals surface area contributed by atoms with E-state index < -0.39 is 0 Å². The highest BCUT2D eigenvalue weighted by Gasteiger charge is 2.54. The third-order valence-electron chi connectivity index (χ3n) is 6.09. The van der Waals surface area contributed by atoms with E-state index in [1.807, 2.05) is 0 Å². The first-order valence-electron chi connectivity index (χ1n) is 7.95. The summed E-state index contributed by atoms with van der Waals surface area (Å²) in [6.45, 7) is 16.6. The molecule has 0 radical (unpaired) electrons. The van der Waals surface area contributed by atoms with Crippen LogP contribution in [0, 0.1) is 11.8 Å². The highest BCUT2D eigenvalue weighted by atomic mass is 31.0. The molecular weight excluding hydrogens is 285 g/mol. The van der Waals surface area contributed by atoms with Gasteiger partial charge in [-0.05, 0) is 35.0 Å². The zero-order valence-corrected chi connectivity index (χ0v) is 17.7. The maximum absolute atomic E-state index is 3.25. The second-order valence-corrected chi connectivity index (χ2v) is 9.82. The largest absolute Gasteiger partial charge is 0.130 e. The first-order chi connectivity index (χ1) is 8.58. The summed E-state index contributed by atoms with van der Waals surface area (Å²) >= 11 is 0. The molecule has 0 amide bonds. The van der Waals surface area contributed by atoms with Crippen LogP contribution in [0.5, 0.6) is 0 Å². The Labute approximate surface area is 129 Å². The fraction of sp³-hybridized carbons (Fsp3) is 1.00. The van der Waals surface area contributed by atoms with Gasteiger partial charge in [0.1, 0.15) is 0 Å². The van der Waals surface area contributed by atoms with Crippen LogP contribution >= 0.6 is 27.7 Å². The van der Waals surface area contributed by atoms with Crippen LogP contribution in [0.4, 0.5) is 0 Å². The predicted octanol–water partition coefficient (Wildman–Crippen LogP) is 5.76. The van der Waals surface area contributed by atoms with E-state index in [-0.39, 0.29) is 15.5 Å². The molecule has 0 saturated heterocycles. The Balaban J connectivity index is 5.76. The fourth-order valence-electron chi connectivity index (χ4n) is 3.62. The van der Waals surface area contributed by atoms with Crippen LogP contribution in [0.15, 0.2) is 0 Å². The maximum Gasteiger partial charge on any atom is 0.000723 e. The van der Waals surface area contributed by atoms with E-state index in [2.05, 4.69) is 76.2 Å². The second kappa shape index (κ2) is 7.52. The van der Waals surface area contributed by atoms with Gasteiger partial charge in [0.15, 0.2) is 0 Å². The Morgan fingerprint density at radius 3 is 1.16 bits per heavy atom. The first-order valence-corrected chi connectivity index (χ1v) is 9.68. The highest BCUT2D eigenvalue weighted by Crippen LogP contribution is 2.59. The summed E-state index contributed by atoms with van der Waals surface area (Å²) in [6.07, 6.45) is 4.90. The summed E-state index contributed by atoms with van der Waals surface area (Å²) in [5.41, 5.74) is 0. The summed E-state index contributed by atoms with van der Waals surface area (Å²) in [7, 11) is 9.74. The van der Waals surface area contributed by atoms with Crippen molar-refractivity contribution in [1.29, 1.82) is 0 Å². The molecule has 0 rings (SSSR count). The molecule has 0 aliphatic carbocycles. The third-order valence-corrected chi connectivity index (χ3v) is 11.0. The van der Waals surface area contributed by atoms with E-state index in [1.54, 1.807) is 0 Å². The molecule has 0 bridgehead atoms. The van der Waals surface area contributed by atoms with Gasteiger partial charge < -0.3 is 0 Å². The van der Waals surface area contributed by atoms with Gasteiger partial charge in [0, 0.05) is 5.16 Å². The van der Waals surface area contributed by atoms with Gasteiger partial charge in [-0.15, -0.1) is 27.7 Å². The van der Waals surface area contributed by atoms with Crippen molar-refractivity contribution in [2.24, 2.45) is 11.8 Å². The lowest BCUT2D eigenvalue weighted by atomic mass is 9.66. The van der Waals surface area contributed by atoms with Crippen molar-refractivity contribution in [3.05, 3.63) is 0 Å². The summed E-state index contributed by atoms with van der Waals surface area (Å²) < 4.78 is 0. The topological polar surface area (TPSA) is 0 Å². The van der Waals surface area contributed by atoms with Crippen molar-refractivity contribution in [3.63, 3.8) is 0 Å². The quantitative estimate of drug-likeness (QED) is 0.498. The molecule has 0 N–H and O–H groups in total. The van der Waals surface area contributed by atoms with Crippen LogP contribution in [-0.2, 0) is 0 Å². The number of rotatable bonds is 8. The molecule has 0 aromatic heterocycles. The van der Waals surface area contributed by atoms with Crippen molar-refractivity contribution in [2.75, 3.05) is 0 Å². The summed E-state index contributed by atoms with van der Waals surface area (Å²) in [4.78, 5) is 0. The van der Waals surface area contributed by atoms with Gasteiger partial charge in [-0.25, -0.2) is 0 Å². The van der Waals surface area contributed by atoms with Crippen LogP contribution in [0.25, 0.3) is 0 Å². The Hall–Kier alpha value is 1.29. The van der Waals surface area contributed by atoms with Crippen molar-refractivity contribution in [3.8, 4) is 0 Å². The minimum Gasteiger partial charge on any atom is -0.130 e. The summed E-state index contributed by atoms with van der Waals surface area (Å²) in [5, 5.41) is 0.741. The van der Waals surface area contributed by atoms with Crippen molar-refractivity contribution >= 4 is 27.7 Å². The number of hydrogen-bond acceptors (Lipinski definition) is 0. The van der Waals surface area contributed by atoms with Crippen molar-refractivity contribution in [1.82, 2.24) is 0 Å². The minimum absolute atomic E-state index is 0.198. The third kappa shape index (κ3) is 3.38. The molecule has 0 spiro atoms. The van der Waals surface area contributed by atoms with Gasteiger partial charge >= 0.3 is 0 Å². The second-order valence-electron chi connectivity index (χ2n) is 6.61. The lowest BCUT2D eigenvalue weighted by Gasteiger charge is -2.59. The maximum atomic E-state index is 3.25. The van der Waals surface area contributed by atoms with E-state index in [1.165, 1.54) is 25.7 Å². The fourth-order valence-corrected chi connectivity index (χ4v) is 5.77. The highest BCUT2D eigenvalue weighted by molar-refractivity contribution is 7.28. The van der Waals surface area contributed by atoms with E-state index in [9.17, 15) is 0 Å². The molecule has 0 saturated carbocycles. The van der Waals surface area contributed by atoms with Crippen LogP contribution in [0.2, 0.25) is 0 Å². The van der Waals surface area contributed by atoms with Crippen molar-refractivity contribution in [2.45, 2.75) is 89.6 Å². The standard InChI is InChI=1S/C16H37P3/c1-8-12(5)15(18,10-3)14(7,17)16(19,11-4)13(6)9-2/h12-13H,8-11,17-19H2,1-7H3. The molecule has 0 aromatic carbocycles. The minimum atomic E-state index is 0.198. The van der Waals surface area contributed by atoms with E-state index >= 15 is 0 Å². The Morgan fingerprint density at radius 2 is 1.00 bits per heavy atom. The molecule has 0 aromatic rings. The average molecular weight is 322 g/mol. The molecule has 0 nitrogen and oxygen atoms in total. The normalized spacial score (nSPS) is 24.9. The van der Waals surface area contributed by atoms with Gasteiger partial charge in [0.2, 0.25) is 0 Å². The number of hydrogen-bond donors (Lipinski definition) is 0. The van der Waals surface area contributed by atoms with Crippen LogP contribution in [0.1, 0.15) is 74.1 Å². The van der Waals surface area contributed by atoms with Gasteiger partial charge in [-0.2, -0.15) is 0 Å². The zero-order valence-electron chi connectivity index (χ0n) is 14.2. The van der Waals surface area contributed by atoms with Gasteiger partial charge in [0.25, 0.3) is 0 Å². The van der Waals surface area contributed by atoms with E-state index in [0.717, 1.165) is 0 Å². The van der Waals surface area contributed by atoms with E-state index in [4.69, 9.17) is 0 Å². The molecule has 116 valence electrons. The lowest BCUT2D eigenvalue weighted by Crippen LogP contribution is -2.60. The van der Waals surface area contributed by atoms with Crippen LogP contribution in [0.3, 0.4) is 0 Å². The Morgan fingerprint density at radius 1 is 0.737 bits per heavy atom.